The van der Waals surface area contributed by atoms with E-state index in [1.165, 1.54) is 21.5 Å². The number of halogens is 2. The van der Waals surface area contributed by atoms with Gasteiger partial charge in [-0.15, -0.1) is 22.9 Å². The molecule has 0 spiro atoms. The SMILES string of the molecule is ClCC1(Cc2ccc(Br)s2)CCOC1C1CC1. The highest BCUT2D eigenvalue weighted by molar-refractivity contribution is 9.11. The molecule has 1 aliphatic heterocycles. The second-order valence-electron chi connectivity index (χ2n) is 5.26. The molecule has 0 bridgehead atoms. The number of ether oxygens (including phenoxy) is 1. The Morgan fingerprint density at radius 1 is 1.47 bits per heavy atom. The summed E-state index contributed by atoms with van der Waals surface area (Å²) in [6.45, 7) is 0.889. The molecule has 2 heterocycles. The molecule has 17 heavy (non-hydrogen) atoms. The lowest BCUT2D eigenvalue weighted by Gasteiger charge is -2.32. The van der Waals surface area contributed by atoms with E-state index in [2.05, 4.69) is 28.1 Å². The van der Waals surface area contributed by atoms with E-state index in [0.717, 1.165) is 31.2 Å². The van der Waals surface area contributed by atoms with Gasteiger partial charge in [-0.1, -0.05) is 0 Å². The molecule has 0 aromatic carbocycles. The van der Waals surface area contributed by atoms with Gasteiger partial charge in [0.2, 0.25) is 0 Å². The van der Waals surface area contributed by atoms with Crippen molar-refractivity contribution in [1.29, 1.82) is 0 Å². The number of alkyl halides is 1. The van der Waals surface area contributed by atoms with E-state index >= 15 is 0 Å². The highest BCUT2D eigenvalue weighted by Crippen LogP contribution is 2.50. The quantitative estimate of drug-likeness (QED) is 0.737. The summed E-state index contributed by atoms with van der Waals surface area (Å²) in [5.74, 6) is 1.50. The molecular formula is C13H16BrClOS. The first-order valence-electron chi connectivity index (χ1n) is 6.15. The van der Waals surface area contributed by atoms with Crippen molar-refractivity contribution in [1.82, 2.24) is 0 Å². The van der Waals surface area contributed by atoms with Gasteiger partial charge >= 0.3 is 0 Å². The van der Waals surface area contributed by atoms with Crippen molar-refractivity contribution >= 4 is 38.9 Å². The Morgan fingerprint density at radius 3 is 2.88 bits per heavy atom. The molecule has 2 fully saturated rings. The first-order chi connectivity index (χ1) is 8.23. The monoisotopic (exact) mass is 334 g/mol. The van der Waals surface area contributed by atoms with Crippen LogP contribution in [0, 0.1) is 11.3 Å². The van der Waals surface area contributed by atoms with Crippen molar-refractivity contribution in [3.05, 3.63) is 20.8 Å². The van der Waals surface area contributed by atoms with E-state index < -0.39 is 0 Å². The van der Waals surface area contributed by atoms with Crippen LogP contribution >= 0.6 is 38.9 Å². The van der Waals surface area contributed by atoms with E-state index in [0.29, 0.717) is 6.10 Å². The maximum atomic E-state index is 6.30. The first-order valence-corrected chi connectivity index (χ1v) is 8.30. The Kier molecular flexibility index (Phi) is 3.55. The van der Waals surface area contributed by atoms with Crippen LogP contribution in [0.15, 0.2) is 15.9 Å². The van der Waals surface area contributed by atoms with Crippen molar-refractivity contribution in [2.45, 2.75) is 31.8 Å². The van der Waals surface area contributed by atoms with Crippen LogP contribution in [0.3, 0.4) is 0 Å². The molecular weight excluding hydrogens is 320 g/mol. The molecule has 1 aliphatic carbocycles. The molecule has 2 atom stereocenters. The first kappa shape index (κ1) is 12.5. The zero-order valence-corrected chi connectivity index (χ0v) is 12.8. The third-order valence-electron chi connectivity index (χ3n) is 3.97. The Labute approximate surface area is 120 Å². The fourth-order valence-electron chi connectivity index (χ4n) is 2.92. The minimum absolute atomic E-state index is 0.188. The number of hydrogen-bond donors (Lipinski definition) is 0. The third-order valence-corrected chi connectivity index (χ3v) is 6.13. The number of rotatable bonds is 4. The van der Waals surface area contributed by atoms with Crippen LogP contribution < -0.4 is 0 Å². The van der Waals surface area contributed by atoms with E-state index in [1.54, 1.807) is 0 Å². The molecule has 1 saturated heterocycles. The average molecular weight is 336 g/mol. The minimum atomic E-state index is 0.188. The average Bonchev–Trinajstić information content (AvgIpc) is 2.96. The van der Waals surface area contributed by atoms with E-state index in [4.69, 9.17) is 16.3 Å². The van der Waals surface area contributed by atoms with E-state index in [9.17, 15) is 0 Å². The summed E-state index contributed by atoms with van der Waals surface area (Å²) in [6.07, 6.45) is 5.26. The van der Waals surface area contributed by atoms with Crippen LogP contribution in [0.25, 0.3) is 0 Å². The smallest absolute Gasteiger partial charge is 0.0701 e. The van der Waals surface area contributed by atoms with Gasteiger partial charge in [0, 0.05) is 22.8 Å². The Hall–Kier alpha value is 0.430. The van der Waals surface area contributed by atoms with Crippen LogP contribution in [0.4, 0.5) is 0 Å². The van der Waals surface area contributed by atoms with Gasteiger partial charge in [-0.2, -0.15) is 0 Å². The molecule has 3 rings (SSSR count). The molecule has 1 nitrogen and oxygen atoms in total. The maximum absolute atomic E-state index is 6.30. The van der Waals surface area contributed by atoms with Gasteiger partial charge in [-0.3, -0.25) is 0 Å². The number of hydrogen-bond acceptors (Lipinski definition) is 2. The molecule has 2 aliphatic rings. The lowest BCUT2D eigenvalue weighted by Crippen LogP contribution is -2.36. The predicted molar refractivity (Wildman–Crippen MR) is 76.0 cm³/mol. The van der Waals surface area contributed by atoms with Crippen molar-refractivity contribution in [3.63, 3.8) is 0 Å². The van der Waals surface area contributed by atoms with Crippen LogP contribution in [0.5, 0.6) is 0 Å². The summed E-state index contributed by atoms with van der Waals surface area (Å²) in [7, 11) is 0. The number of thiophene rings is 1. The van der Waals surface area contributed by atoms with Gasteiger partial charge in [0.15, 0.2) is 0 Å². The third kappa shape index (κ3) is 2.44. The van der Waals surface area contributed by atoms with Gasteiger partial charge in [0.05, 0.1) is 9.89 Å². The molecule has 0 radical (unpaired) electrons. The summed E-state index contributed by atoms with van der Waals surface area (Å²) >= 11 is 11.7. The van der Waals surface area contributed by atoms with Gasteiger partial charge < -0.3 is 4.74 Å². The van der Waals surface area contributed by atoms with Gasteiger partial charge in [0.1, 0.15) is 0 Å². The summed E-state index contributed by atoms with van der Waals surface area (Å²) in [5.41, 5.74) is 0.188. The van der Waals surface area contributed by atoms with Crippen molar-refractivity contribution in [3.8, 4) is 0 Å². The molecule has 0 N–H and O–H groups in total. The lowest BCUT2D eigenvalue weighted by atomic mass is 9.77. The van der Waals surface area contributed by atoms with Gasteiger partial charge in [-0.25, -0.2) is 0 Å². The van der Waals surface area contributed by atoms with Gasteiger partial charge in [0.25, 0.3) is 0 Å². The molecule has 0 amide bonds. The molecule has 2 unspecified atom stereocenters. The molecule has 1 aromatic rings. The topological polar surface area (TPSA) is 9.23 Å². The highest BCUT2D eigenvalue weighted by Gasteiger charge is 2.50. The van der Waals surface area contributed by atoms with Crippen LogP contribution in [-0.2, 0) is 11.2 Å². The Bertz CT molecular complexity index is 404. The van der Waals surface area contributed by atoms with Crippen LogP contribution in [-0.4, -0.2) is 18.6 Å². The van der Waals surface area contributed by atoms with Crippen LogP contribution in [0.1, 0.15) is 24.1 Å². The van der Waals surface area contributed by atoms with Gasteiger partial charge in [-0.05, 0) is 59.7 Å². The fraction of sp³-hybridized carbons (Fsp3) is 0.692. The van der Waals surface area contributed by atoms with Crippen molar-refractivity contribution in [2.75, 3.05) is 12.5 Å². The highest BCUT2D eigenvalue weighted by atomic mass is 79.9. The molecule has 1 saturated carbocycles. The summed E-state index contributed by atoms with van der Waals surface area (Å²) in [5, 5.41) is 0. The van der Waals surface area contributed by atoms with Crippen molar-refractivity contribution < 1.29 is 4.74 Å². The second-order valence-corrected chi connectivity index (χ2v) is 8.07. The fourth-order valence-corrected chi connectivity index (χ4v) is 4.93. The molecule has 4 heteroatoms. The zero-order chi connectivity index (χ0) is 11.9. The molecule has 94 valence electrons. The normalized spacial score (nSPS) is 33.2. The standard InChI is InChI=1S/C13H16BrClOS/c14-11-4-3-10(17-11)7-13(8-15)5-6-16-12(13)9-1-2-9/h3-4,9,12H,1-2,5-8H2. The summed E-state index contributed by atoms with van der Waals surface area (Å²) < 4.78 is 7.18. The largest absolute Gasteiger partial charge is 0.377 e. The van der Waals surface area contributed by atoms with E-state index in [1.807, 2.05) is 11.3 Å². The van der Waals surface area contributed by atoms with Crippen LogP contribution in [0.2, 0.25) is 0 Å². The molecule has 1 aromatic heterocycles. The Morgan fingerprint density at radius 2 is 2.29 bits per heavy atom. The second kappa shape index (κ2) is 4.84. The van der Waals surface area contributed by atoms with E-state index in [-0.39, 0.29) is 5.41 Å². The Balaban J connectivity index is 1.80. The zero-order valence-electron chi connectivity index (χ0n) is 9.62. The van der Waals surface area contributed by atoms with Crippen molar-refractivity contribution in [2.24, 2.45) is 11.3 Å². The minimum Gasteiger partial charge on any atom is -0.377 e. The predicted octanol–water partition coefficient (Wildman–Crippen LogP) is 4.48. The summed E-state index contributed by atoms with van der Waals surface area (Å²) in [6, 6.07) is 4.34. The maximum Gasteiger partial charge on any atom is 0.0701 e. The lowest BCUT2D eigenvalue weighted by molar-refractivity contribution is 0.0406. The summed E-state index contributed by atoms with van der Waals surface area (Å²) in [4.78, 5) is 1.42.